The van der Waals surface area contributed by atoms with E-state index in [9.17, 15) is 0 Å². The Hall–Kier alpha value is -4.72. The Kier molecular flexibility index (Phi) is 4.85. The summed E-state index contributed by atoms with van der Waals surface area (Å²) in [6, 6.07) is 50.5. The van der Waals surface area contributed by atoms with Gasteiger partial charge in [0.25, 0.3) is 0 Å². The second-order valence-corrected chi connectivity index (χ2v) is 11.8. The van der Waals surface area contributed by atoms with Gasteiger partial charge in [-0.25, -0.2) is 0 Å². The molecule has 8 aromatic carbocycles. The van der Waals surface area contributed by atoms with Crippen molar-refractivity contribution in [3.05, 3.63) is 144 Å². The molecule has 2 aliphatic rings. The highest BCUT2D eigenvalue weighted by Crippen LogP contribution is 2.51. The smallest absolute Gasteiger partial charge is 0.0254 e. The molecule has 0 radical (unpaired) electrons. The fraction of sp³-hybridized carbons (Fsp3) is 0. The van der Waals surface area contributed by atoms with E-state index in [2.05, 4.69) is 155 Å². The quantitative estimate of drug-likeness (QED) is 0.167. The molecular weight excluding hydrogens is 560 g/mol. The topological polar surface area (TPSA) is 0 Å². The lowest BCUT2D eigenvalue weighted by molar-refractivity contribution is 1.72. The van der Waals surface area contributed by atoms with Gasteiger partial charge in [-0.15, -0.1) is 0 Å². The zero-order chi connectivity index (χ0) is 27.1. The summed E-state index contributed by atoms with van der Waals surface area (Å²) in [5.41, 5.74) is 11.0. The molecule has 0 heterocycles. The SMILES string of the molecule is Brc1ccc2c3c(cccc13)-c1c-2ccc2ccccc12.c1ccc2c3c(ccc2c1)-c1cccc2cccc-3c12. The van der Waals surface area contributed by atoms with Crippen LogP contribution >= 0.6 is 15.9 Å². The lowest BCUT2D eigenvalue weighted by atomic mass is 9.97. The molecule has 190 valence electrons. The van der Waals surface area contributed by atoms with E-state index in [0.29, 0.717) is 0 Å². The highest BCUT2D eigenvalue weighted by molar-refractivity contribution is 9.10. The molecule has 0 saturated carbocycles. The molecule has 41 heavy (non-hydrogen) atoms. The number of hydrogen-bond acceptors (Lipinski definition) is 0. The molecule has 0 spiro atoms. The predicted octanol–water partition coefficient (Wildman–Crippen LogP) is 12.0. The molecular formula is C40H23Br. The Morgan fingerprint density at radius 3 is 1.41 bits per heavy atom. The normalized spacial score (nSPS) is 12.0. The van der Waals surface area contributed by atoms with Crippen LogP contribution < -0.4 is 0 Å². The van der Waals surface area contributed by atoms with Gasteiger partial charge in [-0.1, -0.05) is 149 Å². The number of fused-ring (bicyclic) bond motifs is 10. The molecule has 0 nitrogen and oxygen atoms in total. The van der Waals surface area contributed by atoms with Crippen molar-refractivity contribution in [2.75, 3.05) is 0 Å². The van der Waals surface area contributed by atoms with Gasteiger partial charge in [0.1, 0.15) is 0 Å². The van der Waals surface area contributed by atoms with Crippen LogP contribution in [0.4, 0.5) is 0 Å². The van der Waals surface area contributed by atoms with E-state index in [0.717, 1.165) is 0 Å². The van der Waals surface area contributed by atoms with Crippen LogP contribution in [0, 0.1) is 0 Å². The minimum absolute atomic E-state index is 1.17. The minimum atomic E-state index is 1.17. The predicted molar refractivity (Wildman–Crippen MR) is 179 cm³/mol. The van der Waals surface area contributed by atoms with E-state index in [4.69, 9.17) is 0 Å². The van der Waals surface area contributed by atoms with Gasteiger partial charge in [0.2, 0.25) is 0 Å². The molecule has 0 N–H and O–H groups in total. The fourth-order valence-electron chi connectivity index (χ4n) is 7.15. The maximum absolute atomic E-state index is 3.69. The van der Waals surface area contributed by atoms with Crippen molar-refractivity contribution in [1.29, 1.82) is 0 Å². The van der Waals surface area contributed by atoms with Gasteiger partial charge in [-0.2, -0.15) is 0 Å². The standard InChI is InChI=1S/C20H11Br.C20H12/c21-18-11-10-15-14-9-8-12-4-1-2-5-13(12)19(14)17-7-3-6-16(18)20(15)17;1-2-8-15-13(5-1)11-12-17-16-9-3-6-14-7-4-10-18(19(14)16)20(15)17/h1-11H;1-12H. The summed E-state index contributed by atoms with van der Waals surface area (Å²) >= 11 is 3.69. The molecule has 10 rings (SSSR count). The number of benzene rings is 8. The summed E-state index contributed by atoms with van der Waals surface area (Å²) in [5.74, 6) is 0. The average molecular weight is 584 g/mol. The molecule has 0 fully saturated rings. The van der Waals surface area contributed by atoms with Gasteiger partial charge in [0.15, 0.2) is 0 Å². The molecule has 0 aliphatic heterocycles. The molecule has 0 amide bonds. The van der Waals surface area contributed by atoms with E-state index in [-0.39, 0.29) is 0 Å². The summed E-state index contributed by atoms with van der Waals surface area (Å²) in [7, 11) is 0. The Morgan fingerprint density at radius 1 is 0.293 bits per heavy atom. The van der Waals surface area contributed by atoms with Crippen molar-refractivity contribution in [2.24, 2.45) is 0 Å². The first kappa shape index (κ1) is 23.0. The van der Waals surface area contributed by atoms with E-state index in [1.54, 1.807) is 0 Å². The summed E-state index contributed by atoms with van der Waals surface area (Å²) in [4.78, 5) is 0. The molecule has 0 atom stereocenters. The van der Waals surface area contributed by atoms with Crippen LogP contribution in [-0.4, -0.2) is 0 Å². The maximum Gasteiger partial charge on any atom is 0.0254 e. The Balaban J connectivity index is 0.000000117. The zero-order valence-corrected chi connectivity index (χ0v) is 23.7. The largest absolute Gasteiger partial charge is 0.0616 e. The average Bonchev–Trinajstić information content (AvgIpc) is 3.55. The third-order valence-corrected chi connectivity index (χ3v) is 9.56. The van der Waals surface area contributed by atoms with Crippen LogP contribution in [-0.2, 0) is 0 Å². The molecule has 8 aromatic rings. The van der Waals surface area contributed by atoms with E-state index in [1.807, 2.05) is 0 Å². The molecule has 0 saturated heterocycles. The fourth-order valence-corrected chi connectivity index (χ4v) is 7.61. The van der Waals surface area contributed by atoms with Crippen LogP contribution in [0.5, 0.6) is 0 Å². The van der Waals surface area contributed by atoms with Gasteiger partial charge in [-0.05, 0) is 93.7 Å². The zero-order valence-electron chi connectivity index (χ0n) is 22.2. The highest BCUT2D eigenvalue weighted by Gasteiger charge is 2.24. The summed E-state index contributed by atoms with van der Waals surface area (Å²) < 4.78 is 1.17. The van der Waals surface area contributed by atoms with Crippen molar-refractivity contribution in [1.82, 2.24) is 0 Å². The van der Waals surface area contributed by atoms with Crippen LogP contribution in [0.15, 0.2) is 144 Å². The van der Waals surface area contributed by atoms with Crippen molar-refractivity contribution >= 4 is 59.0 Å². The second kappa shape index (κ2) is 8.64. The molecule has 0 aromatic heterocycles. The number of halogens is 1. The van der Waals surface area contributed by atoms with E-state index >= 15 is 0 Å². The molecule has 0 unspecified atom stereocenters. The number of hydrogen-bond donors (Lipinski definition) is 0. The first-order chi connectivity index (χ1) is 20.3. The first-order valence-electron chi connectivity index (χ1n) is 14.1. The van der Waals surface area contributed by atoms with Gasteiger partial charge < -0.3 is 0 Å². The minimum Gasteiger partial charge on any atom is -0.0616 e. The lowest BCUT2D eigenvalue weighted by Gasteiger charge is -2.06. The lowest BCUT2D eigenvalue weighted by Crippen LogP contribution is -1.80. The first-order valence-corrected chi connectivity index (χ1v) is 14.9. The monoisotopic (exact) mass is 582 g/mol. The molecule has 0 bridgehead atoms. The van der Waals surface area contributed by atoms with Crippen LogP contribution in [0.25, 0.3) is 87.6 Å². The third-order valence-electron chi connectivity index (χ3n) is 8.87. The second-order valence-electron chi connectivity index (χ2n) is 11.0. The van der Waals surface area contributed by atoms with Gasteiger partial charge in [0, 0.05) is 4.47 Å². The highest BCUT2D eigenvalue weighted by atomic mass is 79.9. The summed E-state index contributed by atoms with van der Waals surface area (Å²) in [6.07, 6.45) is 0. The number of rotatable bonds is 0. The van der Waals surface area contributed by atoms with Crippen molar-refractivity contribution < 1.29 is 0 Å². The Bertz CT molecular complexity index is 2370. The van der Waals surface area contributed by atoms with Gasteiger partial charge in [0.05, 0.1) is 0 Å². The van der Waals surface area contributed by atoms with Gasteiger partial charge in [-0.3, -0.25) is 0 Å². The Labute approximate surface area is 246 Å². The van der Waals surface area contributed by atoms with Crippen LogP contribution in [0.3, 0.4) is 0 Å². The van der Waals surface area contributed by atoms with Crippen molar-refractivity contribution in [3.63, 3.8) is 0 Å². The van der Waals surface area contributed by atoms with Crippen molar-refractivity contribution in [2.45, 2.75) is 0 Å². The van der Waals surface area contributed by atoms with Crippen molar-refractivity contribution in [3.8, 4) is 44.5 Å². The summed E-state index contributed by atoms with van der Waals surface area (Å²) in [5, 5.41) is 10.7. The maximum atomic E-state index is 3.69. The Morgan fingerprint density at radius 2 is 0.756 bits per heavy atom. The summed E-state index contributed by atoms with van der Waals surface area (Å²) in [6.45, 7) is 0. The third kappa shape index (κ3) is 3.21. The molecule has 1 heteroatoms. The van der Waals surface area contributed by atoms with E-state index in [1.165, 1.54) is 92.1 Å². The van der Waals surface area contributed by atoms with Gasteiger partial charge >= 0.3 is 0 Å². The molecule has 2 aliphatic carbocycles. The van der Waals surface area contributed by atoms with Crippen LogP contribution in [0.2, 0.25) is 0 Å². The van der Waals surface area contributed by atoms with E-state index < -0.39 is 0 Å². The van der Waals surface area contributed by atoms with Crippen LogP contribution in [0.1, 0.15) is 0 Å².